The third kappa shape index (κ3) is 2.69. The first-order valence-corrected chi connectivity index (χ1v) is 8.88. The molecule has 0 saturated carbocycles. The summed E-state index contributed by atoms with van der Waals surface area (Å²) in [6.07, 6.45) is 0. The van der Waals surface area contributed by atoms with Gasteiger partial charge in [0.2, 0.25) is 19.2 Å². The Hall–Kier alpha value is -3.42. The number of ether oxygens (including phenoxy) is 4. The van der Waals surface area contributed by atoms with Gasteiger partial charge in [0.15, 0.2) is 28.8 Å². The maximum absolute atomic E-state index is 13.1. The average Bonchev–Trinajstić information content (AvgIpc) is 3.33. The number of carbonyl (C=O) groups is 1. The van der Waals surface area contributed by atoms with Gasteiger partial charge in [0.1, 0.15) is 0 Å². The number of nitrogens with zero attached hydrogens (tertiary/aromatic N) is 2. The number of rotatable bonds is 3. The fourth-order valence-electron chi connectivity index (χ4n) is 3.28. The van der Waals surface area contributed by atoms with Crippen molar-refractivity contribution < 1.29 is 28.6 Å². The van der Waals surface area contributed by atoms with Crippen molar-refractivity contribution in [2.45, 2.75) is 26.0 Å². The third-order valence-corrected chi connectivity index (χ3v) is 4.78. The molecule has 0 radical (unpaired) electrons. The van der Waals surface area contributed by atoms with E-state index in [1.54, 1.807) is 30.9 Å². The van der Waals surface area contributed by atoms with E-state index in [0.717, 1.165) is 5.56 Å². The van der Waals surface area contributed by atoms with E-state index in [1.807, 2.05) is 24.3 Å². The maximum atomic E-state index is 13.1. The monoisotopic (exact) mass is 382 g/mol. The Morgan fingerprint density at radius 2 is 1.57 bits per heavy atom. The molecule has 0 atom stereocenters. The van der Waals surface area contributed by atoms with Crippen molar-refractivity contribution in [1.82, 2.24) is 4.90 Å². The number of carbonyl (C=O) groups excluding carboxylic acids is 1. The molecule has 28 heavy (non-hydrogen) atoms. The summed E-state index contributed by atoms with van der Waals surface area (Å²) in [5, 5.41) is 4.25. The van der Waals surface area contributed by atoms with Crippen LogP contribution in [-0.4, -0.2) is 35.8 Å². The second-order valence-corrected chi connectivity index (χ2v) is 7.16. The van der Waals surface area contributed by atoms with Crippen LogP contribution in [0, 0.1) is 0 Å². The van der Waals surface area contributed by atoms with Crippen LogP contribution in [0.5, 0.6) is 23.0 Å². The molecule has 0 aromatic heterocycles. The Balaban J connectivity index is 1.51. The van der Waals surface area contributed by atoms with Crippen LogP contribution in [0.1, 0.15) is 25.0 Å². The van der Waals surface area contributed by atoms with Gasteiger partial charge in [-0.05, 0) is 49.7 Å². The molecule has 5 rings (SSSR count). The lowest BCUT2D eigenvalue weighted by atomic mass is 10.0. The molecule has 8 nitrogen and oxygen atoms in total. The normalized spacial score (nSPS) is 18.7. The van der Waals surface area contributed by atoms with Gasteiger partial charge >= 0.3 is 0 Å². The highest BCUT2D eigenvalue weighted by atomic mass is 16.7. The fourth-order valence-corrected chi connectivity index (χ4v) is 3.28. The molecular weight excluding hydrogens is 364 g/mol. The van der Waals surface area contributed by atoms with Crippen LogP contribution in [0.3, 0.4) is 0 Å². The van der Waals surface area contributed by atoms with Gasteiger partial charge in [0, 0.05) is 5.56 Å². The smallest absolute Gasteiger partial charge is 0.275 e. The van der Waals surface area contributed by atoms with Crippen LogP contribution < -0.4 is 18.9 Å². The zero-order valence-corrected chi connectivity index (χ0v) is 15.4. The summed E-state index contributed by atoms with van der Waals surface area (Å²) in [6, 6.07) is 11.0. The molecule has 0 spiro atoms. The number of hydrogen-bond donors (Lipinski definition) is 0. The third-order valence-electron chi connectivity index (χ3n) is 4.78. The van der Waals surface area contributed by atoms with Crippen LogP contribution in [0.2, 0.25) is 0 Å². The number of amidine groups is 1. The van der Waals surface area contributed by atoms with E-state index in [0.29, 0.717) is 40.9 Å². The average molecular weight is 382 g/mol. The summed E-state index contributed by atoms with van der Waals surface area (Å²) < 4.78 is 21.6. The van der Waals surface area contributed by atoms with Gasteiger partial charge in [-0.25, -0.2) is 0 Å². The quantitative estimate of drug-likeness (QED) is 0.812. The van der Waals surface area contributed by atoms with Gasteiger partial charge in [-0.2, -0.15) is 0 Å². The molecule has 2 aromatic rings. The van der Waals surface area contributed by atoms with Gasteiger partial charge < -0.3 is 23.8 Å². The van der Waals surface area contributed by atoms with E-state index in [2.05, 4.69) is 5.16 Å². The number of fused-ring (bicyclic) bond motifs is 2. The first-order chi connectivity index (χ1) is 13.5. The highest BCUT2D eigenvalue weighted by Gasteiger charge is 2.41. The molecule has 0 aliphatic carbocycles. The predicted molar refractivity (Wildman–Crippen MR) is 97.4 cm³/mol. The van der Waals surface area contributed by atoms with Crippen LogP contribution in [-0.2, 0) is 16.2 Å². The molecule has 2 aromatic carbocycles. The lowest BCUT2D eigenvalue weighted by Gasteiger charge is -2.35. The van der Waals surface area contributed by atoms with Crippen molar-refractivity contribution in [1.29, 1.82) is 0 Å². The molecule has 0 unspecified atom stereocenters. The molecule has 0 saturated heterocycles. The minimum atomic E-state index is -1.06. The minimum Gasteiger partial charge on any atom is -0.454 e. The predicted octanol–water partition coefficient (Wildman–Crippen LogP) is 2.64. The molecule has 0 N–H and O–H groups in total. The topological polar surface area (TPSA) is 78.8 Å². The zero-order chi connectivity index (χ0) is 19.3. The Bertz CT molecular complexity index is 1000. The standard InChI is InChI=1S/C20H18N2O6/c1-20(2)19(23)22(9-12-3-5-14-16(7-12)26-10-24-14)18(21-28-20)13-4-6-15-17(8-13)27-11-25-15/h3-8H,9-11H2,1-2H3. The molecule has 0 fully saturated rings. The Kier molecular flexibility index (Phi) is 3.61. The summed E-state index contributed by atoms with van der Waals surface area (Å²) in [4.78, 5) is 20.2. The first kappa shape index (κ1) is 16.7. The van der Waals surface area contributed by atoms with Crippen molar-refractivity contribution in [3.63, 3.8) is 0 Å². The van der Waals surface area contributed by atoms with Crippen LogP contribution in [0.15, 0.2) is 41.6 Å². The van der Waals surface area contributed by atoms with Crippen molar-refractivity contribution >= 4 is 11.7 Å². The number of oxime groups is 1. The number of amides is 1. The second kappa shape index (κ2) is 6.05. The highest BCUT2D eigenvalue weighted by molar-refractivity contribution is 6.10. The fraction of sp³-hybridized carbons (Fsp3) is 0.300. The second-order valence-electron chi connectivity index (χ2n) is 7.16. The van der Waals surface area contributed by atoms with E-state index in [-0.39, 0.29) is 19.5 Å². The Morgan fingerprint density at radius 3 is 2.32 bits per heavy atom. The zero-order valence-electron chi connectivity index (χ0n) is 15.4. The summed E-state index contributed by atoms with van der Waals surface area (Å²) in [7, 11) is 0. The van der Waals surface area contributed by atoms with E-state index in [1.165, 1.54) is 0 Å². The van der Waals surface area contributed by atoms with Crippen LogP contribution >= 0.6 is 0 Å². The number of benzene rings is 2. The molecule has 3 aliphatic heterocycles. The molecule has 1 amide bonds. The Labute approximate surface area is 161 Å². The van der Waals surface area contributed by atoms with Gasteiger partial charge in [0.25, 0.3) is 5.91 Å². The molecule has 3 heterocycles. The van der Waals surface area contributed by atoms with Crippen molar-refractivity contribution in [2.75, 3.05) is 13.6 Å². The SMILES string of the molecule is CC1(C)ON=C(c2ccc3c(c2)OCO3)N(Cc2ccc3c(c2)OCO3)C1=O. The van der Waals surface area contributed by atoms with Crippen LogP contribution in [0.25, 0.3) is 0 Å². The molecule has 3 aliphatic rings. The van der Waals surface area contributed by atoms with E-state index < -0.39 is 5.60 Å². The lowest BCUT2D eigenvalue weighted by Crippen LogP contribution is -2.52. The molecule has 8 heteroatoms. The van der Waals surface area contributed by atoms with Gasteiger partial charge in [0.05, 0.1) is 6.54 Å². The van der Waals surface area contributed by atoms with E-state index >= 15 is 0 Å². The summed E-state index contributed by atoms with van der Waals surface area (Å²) in [6.45, 7) is 4.08. The summed E-state index contributed by atoms with van der Waals surface area (Å²) in [5.74, 6) is 2.87. The molecule has 144 valence electrons. The van der Waals surface area contributed by atoms with Crippen molar-refractivity contribution in [2.24, 2.45) is 5.16 Å². The summed E-state index contributed by atoms with van der Waals surface area (Å²) >= 11 is 0. The largest absolute Gasteiger partial charge is 0.454 e. The maximum Gasteiger partial charge on any atom is 0.275 e. The van der Waals surface area contributed by atoms with Gasteiger partial charge in [-0.3, -0.25) is 9.69 Å². The van der Waals surface area contributed by atoms with Gasteiger partial charge in [-0.15, -0.1) is 0 Å². The number of hydrogen-bond acceptors (Lipinski definition) is 7. The van der Waals surface area contributed by atoms with Crippen LogP contribution in [0.4, 0.5) is 0 Å². The highest BCUT2D eigenvalue weighted by Crippen LogP contribution is 2.36. The minimum absolute atomic E-state index is 0.175. The first-order valence-electron chi connectivity index (χ1n) is 8.88. The van der Waals surface area contributed by atoms with Crippen molar-refractivity contribution in [3.8, 4) is 23.0 Å². The van der Waals surface area contributed by atoms with E-state index in [9.17, 15) is 4.79 Å². The molecular formula is C20H18N2O6. The van der Waals surface area contributed by atoms with Gasteiger partial charge in [-0.1, -0.05) is 11.2 Å². The lowest BCUT2D eigenvalue weighted by molar-refractivity contribution is -0.154. The Morgan fingerprint density at radius 1 is 0.929 bits per heavy atom. The summed E-state index contributed by atoms with van der Waals surface area (Å²) in [5.41, 5.74) is 0.536. The van der Waals surface area contributed by atoms with Crippen molar-refractivity contribution in [3.05, 3.63) is 47.5 Å². The molecule has 0 bridgehead atoms. The van der Waals surface area contributed by atoms with E-state index in [4.69, 9.17) is 23.8 Å².